The molecule has 0 aromatic carbocycles. The molecular weight excluding hydrogens is 190 g/mol. The van der Waals surface area contributed by atoms with Gasteiger partial charge < -0.3 is 10.8 Å². The highest BCUT2D eigenvalue weighted by Gasteiger charge is 2.23. The first-order valence-electron chi connectivity index (χ1n) is 6.07. The van der Waals surface area contributed by atoms with Crippen LogP contribution in [0, 0.1) is 11.8 Å². The Balaban J connectivity index is 2.38. The summed E-state index contributed by atoms with van der Waals surface area (Å²) in [6.07, 6.45) is 7.73. The third-order valence-electron chi connectivity index (χ3n) is 3.54. The van der Waals surface area contributed by atoms with Crippen molar-refractivity contribution < 1.29 is 9.90 Å². The second-order valence-corrected chi connectivity index (χ2v) is 4.96. The topological polar surface area (TPSA) is 63.3 Å². The van der Waals surface area contributed by atoms with Crippen LogP contribution in [0.4, 0.5) is 0 Å². The molecule has 1 aliphatic rings. The summed E-state index contributed by atoms with van der Waals surface area (Å²) in [5.41, 5.74) is 5.84. The van der Waals surface area contributed by atoms with E-state index >= 15 is 0 Å². The van der Waals surface area contributed by atoms with Crippen LogP contribution < -0.4 is 5.73 Å². The molecular formula is C12H23NO2. The Labute approximate surface area is 92.0 Å². The average molecular weight is 213 g/mol. The maximum atomic E-state index is 10.7. The van der Waals surface area contributed by atoms with Crippen molar-refractivity contribution in [2.75, 3.05) is 0 Å². The largest absolute Gasteiger partial charge is 0.481 e. The summed E-state index contributed by atoms with van der Waals surface area (Å²) in [5.74, 6) is 0.160. The van der Waals surface area contributed by atoms with E-state index in [-0.39, 0.29) is 18.4 Å². The molecule has 1 aliphatic carbocycles. The monoisotopic (exact) mass is 213 g/mol. The minimum Gasteiger partial charge on any atom is -0.481 e. The molecule has 3 nitrogen and oxygen atoms in total. The quantitative estimate of drug-likeness (QED) is 0.737. The molecule has 15 heavy (non-hydrogen) atoms. The highest BCUT2D eigenvalue weighted by molar-refractivity contribution is 5.67. The van der Waals surface area contributed by atoms with Gasteiger partial charge >= 0.3 is 5.97 Å². The van der Waals surface area contributed by atoms with Gasteiger partial charge in [0, 0.05) is 12.5 Å². The molecule has 0 amide bonds. The summed E-state index contributed by atoms with van der Waals surface area (Å²) >= 11 is 0. The van der Waals surface area contributed by atoms with E-state index in [1.165, 1.54) is 32.1 Å². The van der Waals surface area contributed by atoms with Crippen molar-refractivity contribution in [3.8, 4) is 0 Å². The molecule has 0 spiro atoms. The predicted molar refractivity (Wildman–Crippen MR) is 60.6 cm³/mol. The van der Waals surface area contributed by atoms with Gasteiger partial charge in [0.1, 0.15) is 0 Å². The van der Waals surface area contributed by atoms with Gasteiger partial charge in [0.05, 0.1) is 0 Å². The molecule has 88 valence electrons. The fraction of sp³-hybridized carbons (Fsp3) is 0.917. The third kappa shape index (κ3) is 4.65. The number of rotatable bonds is 5. The van der Waals surface area contributed by atoms with E-state index in [9.17, 15) is 4.79 Å². The number of nitrogens with two attached hydrogens (primary N) is 1. The van der Waals surface area contributed by atoms with Crippen LogP contribution >= 0.6 is 0 Å². The standard InChI is InChI=1S/C12H23NO2/c1-9(13)11(8-12(14)15)7-10-5-3-2-4-6-10/h9-11H,2-8,13H2,1H3,(H,14,15). The maximum absolute atomic E-state index is 10.7. The number of hydrogen-bond acceptors (Lipinski definition) is 2. The first kappa shape index (κ1) is 12.5. The number of hydrogen-bond donors (Lipinski definition) is 2. The lowest BCUT2D eigenvalue weighted by atomic mass is 9.80. The van der Waals surface area contributed by atoms with Crippen molar-refractivity contribution in [2.45, 2.75) is 57.9 Å². The van der Waals surface area contributed by atoms with Crippen LogP contribution in [0.5, 0.6) is 0 Å². The van der Waals surface area contributed by atoms with Gasteiger partial charge in [0.25, 0.3) is 0 Å². The Morgan fingerprint density at radius 2 is 2.00 bits per heavy atom. The van der Waals surface area contributed by atoms with Crippen LogP contribution in [0.1, 0.15) is 51.9 Å². The third-order valence-corrected chi connectivity index (χ3v) is 3.54. The summed E-state index contributed by atoms with van der Waals surface area (Å²) in [6, 6.07) is 0.00280. The van der Waals surface area contributed by atoms with Gasteiger partial charge in [0.2, 0.25) is 0 Å². The summed E-state index contributed by atoms with van der Waals surface area (Å²) in [4.78, 5) is 10.7. The van der Waals surface area contributed by atoms with Crippen LogP contribution in [-0.4, -0.2) is 17.1 Å². The molecule has 0 heterocycles. The number of aliphatic carboxylic acids is 1. The molecule has 0 aromatic heterocycles. The SMILES string of the molecule is CC(N)C(CC(=O)O)CC1CCCCC1. The first-order valence-corrected chi connectivity index (χ1v) is 6.07. The molecule has 1 rings (SSSR count). The van der Waals surface area contributed by atoms with Crippen LogP contribution in [0.3, 0.4) is 0 Å². The Morgan fingerprint density at radius 1 is 1.40 bits per heavy atom. The van der Waals surface area contributed by atoms with Crippen LogP contribution in [0.15, 0.2) is 0 Å². The zero-order chi connectivity index (χ0) is 11.3. The Morgan fingerprint density at radius 3 is 2.47 bits per heavy atom. The van der Waals surface area contributed by atoms with E-state index < -0.39 is 5.97 Å². The molecule has 3 heteroatoms. The molecule has 2 unspecified atom stereocenters. The smallest absolute Gasteiger partial charge is 0.303 e. The minimum atomic E-state index is -0.715. The number of carboxylic acid groups (broad SMARTS) is 1. The zero-order valence-corrected chi connectivity index (χ0v) is 9.61. The van der Waals surface area contributed by atoms with Crippen molar-refractivity contribution in [3.63, 3.8) is 0 Å². The Hall–Kier alpha value is -0.570. The van der Waals surface area contributed by atoms with Gasteiger partial charge in [-0.2, -0.15) is 0 Å². The van der Waals surface area contributed by atoms with Crippen LogP contribution in [0.2, 0.25) is 0 Å². The summed E-state index contributed by atoms with van der Waals surface area (Å²) in [6.45, 7) is 1.93. The van der Waals surface area contributed by atoms with Gasteiger partial charge in [-0.1, -0.05) is 32.1 Å². The second kappa shape index (κ2) is 6.11. The summed E-state index contributed by atoms with van der Waals surface area (Å²) in [7, 11) is 0. The number of carbonyl (C=O) groups is 1. The lowest BCUT2D eigenvalue weighted by Gasteiger charge is -2.27. The van der Waals surface area contributed by atoms with Gasteiger partial charge in [-0.05, 0) is 25.2 Å². The zero-order valence-electron chi connectivity index (χ0n) is 9.61. The average Bonchev–Trinajstić information content (AvgIpc) is 2.17. The van der Waals surface area contributed by atoms with Crippen molar-refractivity contribution in [3.05, 3.63) is 0 Å². The van der Waals surface area contributed by atoms with Crippen molar-refractivity contribution in [1.29, 1.82) is 0 Å². The Kier molecular flexibility index (Phi) is 5.09. The van der Waals surface area contributed by atoms with E-state index in [0.29, 0.717) is 5.92 Å². The van der Waals surface area contributed by atoms with Gasteiger partial charge in [-0.3, -0.25) is 4.79 Å². The molecule has 0 aromatic rings. The van der Waals surface area contributed by atoms with Gasteiger partial charge in [-0.25, -0.2) is 0 Å². The first-order chi connectivity index (χ1) is 7.09. The fourth-order valence-electron chi connectivity index (χ4n) is 2.56. The molecule has 3 N–H and O–H groups in total. The molecule has 1 saturated carbocycles. The Bertz CT molecular complexity index is 198. The van der Waals surface area contributed by atoms with Crippen molar-refractivity contribution in [2.24, 2.45) is 17.6 Å². The van der Waals surface area contributed by atoms with Crippen LogP contribution in [0.25, 0.3) is 0 Å². The molecule has 0 aliphatic heterocycles. The molecule has 0 saturated heterocycles. The van der Waals surface area contributed by atoms with E-state index in [1.54, 1.807) is 0 Å². The number of carboxylic acids is 1. The van der Waals surface area contributed by atoms with Crippen molar-refractivity contribution >= 4 is 5.97 Å². The predicted octanol–water partition coefficient (Wildman–Crippen LogP) is 2.39. The highest BCUT2D eigenvalue weighted by atomic mass is 16.4. The van der Waals surface area contributed by atoms with Gasteiger partial charge in [-0.15, -0.1) is 0 Å². The minimum absolute atomic E-state index is 0.00280. The molecule has 2 atom stereocenters. The van der Waals surface area contributed by atoms with E-state index in [4.69, 9.17) is 10.8 Å². The highest BCUT2D eigenvalue weighted by Crippen LogP contribution is 2.30. The normalized spacial score (nSPS) is 22.3. The van der Waals surface area contributed by atoms with E-state index in [1.807, 2.05) is 6.92 Å². The van der Waals surface area contributed by atoms with Crippen molar-refractivity contribution in [1.82, 2.24) is 0 Å². The van der Waals surface area contributed by atoms with Crippen LogP contribution in [-0.2, 0) is 4.79 Å². The molecule has 0 radical (unpaired) electrons. The van der Waals surface area contributed by atoms with Gasteiger partial charge in [0.15, 0.2) is 0 Å². The summed E-state index contributed by atoms with van der Waals surface area (Å²) in [5, 5.41) is 8.81. The lowest BCUT2D eigenvalue weighted by molar-refractivity contribution is -0.138. The lowest BCUT2D eigenvalue weighted by Crippen LogP contribution is -2.30. The maximum Gasteiger partial charge on any atom is 0.303 e. The fourth-order valence-corrected chi connectivity index (χ4v) is 2.56. The molecule has 1 fully saturated rings. The summed E-state index contributed by atoms with van der Waals surface area (Å²) < 4.78 is 0. The molecule has 0 bridgehead atoms. The second-order valence-electron chi connectivity index (χ2n) is 4.96. The van der Waals surface area contributed by atoms with E-state index in [0.717, 1.165) is 6.42 Å². The van der Waals surface area contributed by atoms with E-state index in [2.05, 4.69) is 0 Å².